The number of carbonyl (C=O) groups is 1. The number of rotatable bonds is 7. The van der Waals surface area contributed by atoms with Gasteiger partial charge in [-0.15, -0.1) is 11.3 Å². The van der Waals surface area contributed by atoms with Gasteiger partial charge in [-0.1, -0.05) is 18.2 Å². The van der Waals surface area contributed by atoms with Crippen molar-refractivity contribution in [2.24, 2.45) is 0 Å². The predicted octanol–water partition coefficient (Wildman–Crippen LogP) is 2.39. The molecule has 1 atom stereocenters. The third-order valence-electron chi connectivity index (χ3n) is 3.23. The second-order valence-electron chi connectivity index (χ2n) is 4.80. The number of ether oxygens (including phenoxy) is 1. The fourth-order valence-corrected chi connectivity index (χ4v) is 2.76. The first-order valence-electron chi connectivity index (χ1n) is 6.90. The van der Waals surface area contributed by atoms with Crippen LogP contribution in [0.3, 0.4) is 0 Å². The van der Waals surface area contributed by atoms with Gasteiger partial charge in [0.25, 0.3) is 6.47 Å². The van der Waals surface area contributed by atoms with Gasteiger partial charge in [-0.25, -0.2) is 14.4 Å². The summed E-state index contributed by atoms with van der Waals surface area (Å²) in [6, 6.07) is 6.40. The van der Waals surface area contributed by atoms with Crippen molar-refractivity contribution in [1.82, 2.24) is 20.2 Å². The van der Waals surface area contributed by atoms with Crippen LogP contribution in [0, 0.1) is 5.82 Å². The first-order chi connectivity index (χ1) is 11.3. The molecule has 1 N–H and O–H groups in total. The number of halogens is 1. The van der Waals surface area contributed by atoms with E-state index in [1.165, 1.54) is 17.4 Å². The Morgan fingerprint density at radius 3 is 2.96 bits per heavy atom. The molecule has 2 aromatic heterocycles. The zero-order valence-corrected chi connectivity index (χ0v) is 12.8. The number of H-pyrrole nitrogens is 1. The third-order valence-corrected chi connectivity index (χ3v) is 4.00. The summed E-state index contributed by atoms with van der Waals surface area (Å²) in [5, 5.41) is 9.43. The summed E-state index contributed by atoms with van der Waals surface area (Å²) in [5.74, 6) is 0.720. The maximum atomic E-state index is 13.7. The number of nitrogens with zero attached hydrogens (tertiary/aromatic N) is 3. The summed E-state index contributed by atoms with van der Waals surface area (Å²) in [4.78, 5) is 19.2. The van der Waals surface area contributed by atoms with E-state index >= 15 is 0 Å². The monoisotopic (exact) mass is 332 g/mol. The Hall–Kier alpha value is -2.61. The average molecular weight is 332 g/mol. The van der Waals surface area contributed by atoms with E-state index in [1.54, 1.807) is 24.4 Å². The number of hydrogen-bond acceptors (Lipinski definition) is 6. The number of carbonyl (C=O) groups excluding carboxylic acids is 1. The van der Waals surface area contributed by atoms with Crippen LogP contribution in [0.15, 0.2) is 35.8 Å². The van der Waals surface area contributed by atoms with Gasteiger partial charge in [0.15, 0.2) is 5.01 Å². The predicted molar refractivity (Wildman–Crippen MR) is 82.2 cm³/mol. The molecule has 2 heterocycles. The van der Waals surface area contributed by atoms with E-state index in [0.29, 0.717) is 35.1 Å². The van der Waals surface area contributed by atoms with Gasteiger partial charge in [0.05, 0.1) is 0 Å². The molecule has 118 valence electrons. The molecule has 23 heavy (non-hydrogen) atoms. The fourth-order valence-electron chi connectivity index (χ4n) is 2.19. The average Bonchev–Trinajstić information content (AvgIpc) is 3.20. The number of nitrogens with one attached hydrogen (secondary N) is 1. The quantitative estimate of drug-likeness (QED) is 0.672. The standard InChI is InChI=1S/C15H13FN4O2S/c16-12-4-2-1-3-10(12)7-11(22-9-21)8-13-18-14(20-19-13)15-17-5-6-23-15/h1-6,9,11H,7-8H2,(H,18,19,20). The third kappa shape index (κ3) is 3.78. The molecule has 0 radical (unpaired) electrons. The Labute approximate surface area is 135 Å². The van der Waals surface area contributed by atoms with Gasteiger partial charge >= 0.3 is 0 Å². The van der Waals surface area contributed by atoms with Crippen LogP contribution in [0.25, 0.3) is 10.8 Å². The van der Waals surface area contributed by atoms with Crippen molar-refractivity contribution in [3.63, 3.8) is 0 Å². The van der Waals surface area contributed by atoms with Gasteiger partial charge in [0, 0.05) is 24.4 Å². The Morgan fingerprint density at radius 2 is 2.22 bits per heavy atom. The van der Waals surface area contributed by atoms with Gasteiger partial charge in [0.2, 0.25) is 5.82 Å². The fraction of sp³-hybridized carbons (Fsp3) is 0.200. The molecule has 0 saturated carbocycles. The highest BCUT2D eigenvalue weighted by Gasteiger charge is 2.17. The van der Waals surface area contributed by atoms with Gasteiger partial charge < -0.3 is 4.74 Å². The van der Waals surface area contributed by atoms with Crippen molar-refractivity contribution in [3.8, 4) is 10.8 Å². The van der Waals surface area contributed by atoms with Crippen LogP contribution in [0.2, 0.25) is 0 Å². The Balaban J connectivity index is 1.72. The molecule has 3 aromatic rings. The van der Waals surface area contributed by atoms with Gasteiger partial charge in [-0.2, -0.15) is 5.10 Å². The minimum absolute atomic E-state index is 0.263. The van der Waals surface area contributed by atoms with E-state index < -0.39 is 6.10 Å². The van der Waals surface area contributed by atoms with Gasteiger partial charge in [-0.3, -0.25) is 9.89 Å². The van der Waals surface area contributed by atoms with Crippen LogP contribution in [0.1, 0.15) is 11.4 Å². The Morgan fingerprint density at radius 1 is 1.35 bits per heavy atom. The van der Waals surface area contributed by atoms with Gasteiger partial charge in [0.1, 0.15) is 17.7 Å². The molecule has 0 aliphatic carbocycles. The molecule has 1 unspecified atom stereocenters. The summed E-state index contributed by atoms with van der Waals surface area (Å²) in [6.07, 6.45) is 1.72. The second kappa shape index (κ2) is 7.10. The lowest BCUT2D eigenvalue weighted by Crippen LogP contribution is -2.20. The van der Waals surface area contributed by atoms with Crippen LogP contribution in [0.5, 0.6) is 0 Å². The van der Waals surface area contributed by atoms with E-state index in [1.807, 2.05) is 5.38 Å². The molecule has 0 spiro atoms. The van der Waals surface area contributed by atoms with Crippen molar-refractivity contribution >= 4 is 17.8 Å². The second-order valence-corrected chi connectivity index (χ2v) is 5.69. The minimum atomic E-state index is -0.526. The highest BCUT2D eigenvalue weighted by atomic mass is 32.1. The first-order valence-corrected chi connectivity index (χ1v) is 7.78. The van der Waals surface area contributed by atoms with Crippen LogP contribution < -0.4 is 0 Å². The van der Waals surface area contributed by atoms with Crippen LogP contribution in [0.4, 0.5) is 4.39 Å². The lowest BCUT2D eigenvalue weighted by molar-refractivity contribution is -0.133. The summed E-state index contributed by atoms with van der Waals surface area (Å²) < 4.78 is 18.8. The van der Waals surface area contributed by atoms with Crippen molar-refractivity contribution < 1.29 is 13.9 Å². The summed E-state index contributed by atoms with van der Waals surface area (Å²) in [7, 11) is 0. The van der Waals surface area contributed by atoms with E-state index in [0.717, 1.165) is 0 Å². The van der Waals surface area contributed by atoms with Crippen molar-refractivity contribution in [3.05, 3.63) is 53.0 Å². The molecule has 1 aromatic carbocycles. The molecule has 0 aliphatic heterocycles. The largest absolute Gasteiger partial charge is 0.464 e. The van der Waals surface area contributed by atoms with Crippen molar-refractivity contribution in [1.29, 1.82) is 0 Å². The van der Waals surface area contributed by atoms with E-state index in [4.69, 9.17) is 4.74 Å². The van der Waals surface area contributed by atoms with Gasteiger partial charge in [-0.05, 0) is 11.6 Å². The van der Waals surface area contributed by atoms with Crippen LogP contribution in [-0.4, -0.2) is 32.7 Å². The Kier molecular flexibility index (Phi) is 4.72. The lowest BCUT2D eigenvalue weighted by atomic mass is 10.0. The zero-order chi connectivity index (χ0) is 16.1. The number of aromatic nitrogens is 4. The van der Waals surface area contributed by atoms with Crippen LogP contribution >= 0.6 is 11.3 Å². The highest BCUT2D eigenvalue weighted by molar-refractivity contribution is 7.12. The van der Waals surface area contributed by atoms with E-state index in [-0.39, 0.29) is 12.2 Å². The van der Waals surface area contributed by atoms with E-state index in [9.17, 15) is 9.18 Å². The number of thiazole rings is 1. The topological polar surface area (TPSA) is 80.8 Å². The van der Waals surface area contributed by atoms with Crippen molar-refractivity contribution in [2.45, 2.75) is 18.9 Å². The molecule has 0 amide bonds. The zero-order valence-electron chi connectivity index (χ0n) is 12.0. The SMILES string of the molecule is O=COC(Cc1nc(-c2nccs2)n[nH]1)Cc1ccccc1F. The molecule has 3 rings (SSSR count). The highest BCUT2D eigenvalue weighted by Crippen LogP contribution is 2.18. The lowest BCUT2D eigenvalue weighted by Gasteiger charge is -2.14. The summed E-state index contributed by atoms with van der Waals surface area (Å²) in [6.45, 7) is 0.365. The smallest absolute Gasteiger partial charge is 0.293 e. The number of hydrogen-bond donors (Lipinski definition) is 1. The van der Waals surface area contributed by atoms with E-state index in [2.05, 4.69) is 20.2 Å². The summed E-state index contributed by atoms with van der Waals surface area (Å²) >= 11 is 1.43. The molecule has 8 heteroatoms. The Bertz CT molecular complexity index is 775. The molecule has 0 fully saturated rings. The molecule has 0 aliphatic rings. The maximum Gasteiger partial charge on any atom is 0.293 e. The first kappa shape index (κ1) is 15.3. The number of aromatic amines is 1. The van der Waals surface area contributed by atoms with Crippen LogP contribution in [-0.2, 0) is 22.4 Å². The van der Waals surface area contributed by atoms with Crippen molar-refractivity contribution in [2.75, 3.05) is 0 Å². The summed E-state index contributed by atoms with van der Waals surface area (Å²) in [5.41, 5.74) is 0.485. The molecular formula is C15H13FN4O2S. The molecule has 0 bridgehead atoms. The molecule has 6 nitrogen and oxygen atoms in total. The molecule has 0 saturated heterocycles. The number of benzene rings is 1. The minimum Gasteiger partial charge on any atom is -0.464 e. The normalized spacial score (nSPS) is 12.0. The molecular weight excluding hydrogens is 319 g/mol. The maximum absolute atomic E-state index is 13.7.